The van der Waals surface area contributed by atoms with E-state index < -0.39 is 0 Å². The van der Waals surface area contributed by atoms with E-state index in [-0.39, 0.29) is 28.7 Å². The molecule has 3 heteroatoms. The van der Waals surface area contributed by atoms with E-state index in [1.807, 2.05) is 20.1 Å². The van der Waals surface area contributed by atoms with E-state index >= 15 is 0 Å². The van der Waals surface area contributed by atoms with Crippen LogP contribution in [0.4, 0.5) is 0 Å². The SMILES string of the molecule is CSC(=O)[C@H]1[C@H](C(=O)C(C)C)[C@H]2C=C[C@@H]1C2. The van der Waals surface area contributed by atoms with Crippen molar-refractivity contribution in [1.29, 1.82) is 0 Å². The standard InChI is InChI=1S/C13H18O2S/c1-7(2)12(14)10-8-4-5-9(6-8)11(10)13(15)16-3/h4-5,7-11H,6H2,1-3H3/t8-,9+,10+,11+/m0/s1. The van der Waals surface area contributed by atoms with E-state index in [1.165, 1.54) is 11.8 Å². The molecule has 16 heavy (non-hydrogen) atoms. The molecule has 0 aromatic carbocycles. The molecule has 1 saturated carbocycles. The fourth-order valence-electron chi connectivity index (χ4n) is 3.05. The number of Topliss-reactive ketones (excluding diaryl/α,β-unsaturated/α-hetero) is 1. The Hall–Kier alpha value is -0.570. The molecule has 0 heterocycles. The molecule has 0 radical (unpaired) electrons. The van der Waals surface area contributed by atoms with Crippen molar-refractivity contribution in [3.63, 3.8) is 0 Å². The Bertz CT molecular complexity index is 346. The minimum Gasteiger partial charge on any atom is -0.299 e. The summed E-state index contributed by atoms with van der Waals surface area (Å²) in [6.45, 7) is 3.86. The third-order valence-corrected chi connectivity index (χ3v) is 4.50. The Morgan fingerprint density at radius 3 is 2.25 bits per heavy atom. The van der Waals surface area contributed by atoms with Crippen molar-refractivity contribution in [2.45, 2.75) is 20.3 Å². The minimum absolute atomic E-state index is 0.0370. The van der Waals surface area contributed by atoms with E-state index in [4.69, 9.17) is 0 Å². The number of carbonyl (C=O) groups is 2. The van der Waals surface area contributed by atoms with Crippen molar-refractivity contribution in [3.8, 4) is 0 Å². The van der Waals surface area contributed by atoms with Crippen molar-refractivity contribution in [2.24, 2.45) is 29.6 Å². The Kier molecular flexibility index (Phi) is 3.24. The lowest BCUT2D eigenvalue weighted by atomic mass is 9.78. The molecule has 0 aromatic heterocycles. The molecular weight excluding hydrogens is 220 g/mol. The lowest BCUT2D eigenvalue weighted by molar-refractivity contribution is -0.131. The van der Waals surface area contributed by atoms with Crippen LogP contribution in [-0.2, 0) is 9.59 Å². The first-order valence-electron chi connectivity index (χ1n) is 5.86. The van der Waals surface area contributed by atoms with E-state index in [9.17, 15) is 9.59 Å². The summed E-state index contributed by atoms with van der Waals surface area (Å²) in [4.78, 5) is 24.1. The zero-order valence-electron chi connectivity index (χ0n) is 9.97. The number of hydrogen-bond acceptors (Lipinski definition) is 3. The second kappa shape index (κ2) is 4.36. The second-order valence-corrected chi connectivity index (χ2v) is 5.89. The average molecular weight is 238 g/mol. The van der Waals surface area contributed by atoms with Gasteiger partial charge in [0.1, 0.15) is 5.78 Å². The molecule has 2 aliphatic carbocycles. The first kappa shape index (κ1) is 11.9. The van der Waals surface area contributed by atoms with Crippen LogP contribution in [0.3, 0.4) is 0 Å². The van der Waals surface area contributed by atoms with Gasteiger partial charge in [0.15, 0.2) is 5.12 Å². The number of carbonyl (C=O) groups excluding carboxylic acids is 2. The van der Waals surface area contributed by atoms with Crippen molar-refractivity contribution in [3.05, 3.63) is 12.2 Å². The van der Waals surface area contributed by atoms with Gasteiger partial charge in [-0.3, -0.25) is 9.59 Å². The van der Waals surface area contributed by atoms with Gasteiger partial charge in [0, 0.05) is 17.8 Å². The molecule has 2 rings (SSSR count). The smallest absolute Gasteiger partial charge is 0.193 e. The molecule has 0 unspecified atom stereocenters. The predicted octanol–water partition coefficient (Wildman–Crippen LogP) is 2.54. The molecule has 0 aliphatic heterocycles. The highest BCUT2D eigenvalue weighted by molar-refractivity contribution is 8.13. The van der Waals surface area contributed by atoms with Crippen molar-refractivity contribution >= 4 is 22.7 Å². The van der Waals surface area contributed by atoms with E-state index in [0.717, 1.165) is 6.42 Å². The Morgan fingerprint density at radius 1 is 1.19 bits per heavy atom. The number of hydrogen-bond donors (Lipinski definition) is 0. The fraction of sp³-hybridized carbons (Fsp3) is 0.692. The van der Waals surface area contributed by atoms with E-state index in [2.05, 4.69) is 12.2 Å². The third-order valence-electron chi connectivity index (χ3n) is 3.83. The van der Waals surface area contributed by atoms with Gasteiger partial charge in [0.2, 0.25) is 0 Å². The van der Waals surface area contributed by atoms with Crippen LogP contribution >= 0.6 is 11.8 Å². The Labute approximate surface area is 101 Å². The summed E-state index contributed by atoms with van der Waals surface area (Å²) >= 11 is 1.27. The summed E-state index contributed by atoms with van der Waals surface area (Å²) < 4.78 is 0. The summed E-state index contributed by atoms with van der Waals surface area (Å²) in [6, 6.07) is 0. The number of thioether (sulfide) groups is 1. The van der Waals surface area contributed by atoms with Gasteiger partial charge in [-0.1, -0.05) is 37.8 Å². The van der Waals surface area contributed by atoms with Crippen LogP contribution in [0.25, 0.3) is 0 Å². The van der Waals surface area contributed by atoms with Gasteiger partial charge in [0.05, 0.1) is 0 Å². The zero-order valence-corrected chi connectivity index (χ0v) is 10.8. The van der Waals surface area contributed by atoms with Gasteiger partial charge in [-0.25, -0.2) is 0 Å². The third kappa shape index (κ3) is 1.75. The van der Waals surface area contributed by atoms with Crippen molar-refractivity contribution in [1.82, 2.24) is 0 Å². The fourth-order valence-corrected chi connectivity index (χ4v) is 3.65. The van der Waals surface area contributed by atoms with Crippen molar-refractivity contribution in [2.75, 3.05) is 6.26 Å². The van der Waals surface area contributed by atoms with Crippen LogP contribution < -0.4 is 0 Å². The topological polar surface area (TPSA) is 34.1 Å². The highest BCUT2D eigenvalue weighted by Crippen LogP contribution is 2.50. The maximum atomic E-state index is 12.2. The van der Waals surface area contributed by atoms with Crippen LogP contribution in [0.2, 0.25) is 0 Å². The molecule has 0 N–H and O–H groups in total. The molecule has 0 spiro atoms. The van der Waals surface area contributed by atoms with Crippen LogP contribution in [0.15, 0.2) is 12.2 Å². The highest BCUT2D eigenvalue weighted by Gasteiger charge is 2.50. The molecule has 2 nitrogen and oxygen atoms in total. The van der Waals surface area contributed by atoms with Gasteiger partial charge in [-0.15, -0.1) is 0 Å². The summed E-state index contributed by atoms with van der Waals surface area (Å²) in [7, 11) is 0. The highest BCUT2D eigenvalue weighted by atomic mass is 32.2. The summed E-state index contributed by atoms with van der Waals surface area (Å²) in [5.41, 5.74) is 0. The Morgan fingerprint density at radius 2 is 1.75 bits per heavy atom. The lowest BCUT2D eigenvalue weighted by Crippen LogP contribution is -2.34. The number of allylic oxidation sites excluding steroid dienone is 2. The van der Waals surface area contributed by atoms with Crippen molar-refractivity contribution < 1.29 is 9.59 Å². The van der Waals surface area contributed by atoms with Gasteiger partial charge in [-0.05, 0) is 24.5 Å². The molecule has 2 aliphatic rings. The molecule has 4 atom stereocenters. The van der Waals surface area contributed by atoms with E-state index in [1.54, 1.807) is 0 Å². The summed E-state index contributed by atoms with van der Waals surface area (Å²) in [6.07, 6.45) is 7.09. The minimum atomic E-state index is -0.0556. The average Bonchev–Trinajstić information content (AvgIpc) is 2.86. The molecule has 88 valence electrons. The van der Waals surface area contributed by atoms with Gasteiger partial charge >= 0.3 is 0 Å². The van der Waals surface area contributed by atoms with Crippen LogP contribution in [0.5, 0.6) is 0 Å². The largest absolute Gasteiger partial charge is 0.299 e. The first-order valence-corrected chi connectivity index (χ1v) is 7.08. The van der Waals surface area contributed by atoms with Crippen LogP contribution in [0, 0.1) is 29.6 Å². The maximum absolute atomic E-state index is 12.2. The number of ketones is 1. The molecule has 0 saturated heterocycles. The monoisotopic (exact) mass is 238 g/mol. The Balaban J connectivity index is 2.25. The maximum Gasteiger partial charge on any atom is 0.193 e. The summed E-state index contributed by atoms with van der Waals surface area (Å²) in [5, 5.41) is 0.191. The zero-order chi connectivity index (χ0) is 11.9. The molecule has 0 aromatic rings. The van der Waals surface area contributed by atoms with Gasteiger partial charge < -0.3 is 0 Å². The van der Waals surface area contributed by atoms with Gasteiger partial charge in [-0.2, -0.15) is 0 Å². The molecule has 0 amide bonds. The molecule has 2 bridgehead atoms. The lowest BCUT2D eigenvalue weighted by Gasteiger charge is -2.26. The summed E-state index contributed by atoms with van der Waals surface area (Å²) in [5.74, 6) is 0.840. The van der Waals surface area contributed by atoms with E-state index in [0.29, 0.717) is 11.8 Å². The first-order chi connectivity index (χ1) is 7.56. The quantitative estimate of drug-likeness (QED) is 0.709. The molecule has 1 fully saturated rings. The predicted molar refractivity (Wildman–Crippen MR) is 66.1 cm³/mol. The number of fused-ring (bicyclic) bond motifs is 2. The normalized spacial score (nSPS) is 36.0. The van der Waals surface area contributed by atoms with Crippen LogP contribution in [0.1, 0.15) is 20.3 Å². The number of rotatable bonds is 3. The second-order valence-electron chi connectivity index (χ2n) is 5.08. The molecular formula is C13H18O2S. The van der Waals surface area contributed by atoms with Gasteiger partial charge in [0.25, 0.3) is 0 Å². The van der Waals surface area contributed by atoms with Crippen LogP contribution in [-0.4, -0.2) is 17.2 Å².